The normalized spacial score (nSPS) is 35.2. The van der Waals surface area contributed by atoms with Gasteiger partial charge in [-0.1, -0.05) is 0 Å². The van der Waals surface area contributed by atoms with Crippen LogP contribution in [0.25, 0.3) is 0 Å². The summed E-state index contributed by atoms with van der Waals surface area (Å²) < 4.78 is 70.4. The predicted octanol–water partition coefficient (Wildman–Crippen LogP) is -2.51. The van der Waals surface area contributed by atoms with Crippen molar-refractivity contribution in [2.24, 2.45) is 0 Å². The maximum atomic E-state index is 12.9. The van der Waals surface area contributed by atoms with Crippen molar-refractivity contribution < 1.29 is 70.1 Å². The lowest BCUT2D eigenvalue weighted by Crippen LogP contribution is -2.80. The smallest absolute Gasteiger partial charge is 0.390 e. The summed E-state index contributed by atoms with van der Waals surface area (Å²) in [4.78, 5) is 44.0. The SMILES string of the molecule is O=CCC(O)[C@H]1O[C@@](O)(CC=O)[C@@H](OS(=O)(=O)C(F)(F)F)[C@](O)(CC=O)[C@@]1(O)CC=O. The lowest BCUT2D eigenvalue weighted by molar-refractivity contribution is -0.401. The van der Waals surface area contributed by atoms with Gasteiger partial charge in [0, 0.05) is 19.3 Å². The predicted molar refractivity (Wildman–Crippen MR) is 88.3 cm³/mol. The second-order valence-corrected chi connectivity index (χ2v) is 8.25. The number of hydrogen-bond donors (Lipinski definition) is 4. The molecule has 31 heavy (non-hydrogen) atoms. The summed E-state index contributed by atoms with van der Waals surface area (Å²) in [6.45, 7) is 0. The Morgan fingerprint density at radius 3 is 1.84 bits per heavy atom. The van der Waals surface area contributed by atoms with Gasteiger partial charge in [-0.2, -0.15) is 21.6 Å². The van der Waals surface area contributed by atoms with Crippen LogP contribution >= 0.6 is 0 Å². The van der Waals surface area contributed by atoms with Gasteiger partial charge in [-0.05, 0) is 0 Å². The molecule has 6 atom stereocenters. The molecule has 0 aromatic rings. The lowest BCUT2D eigenvalue weighted by atomic mass is 9.65. The Kier molecular flexibility index (Phi) is 8.21. The number of aldehydes is 4. The van der Waals surface area contributed by atoms with Crippen LogP contribution in [-0.2, 0) is 38.2 Å². The molecular weight excluding hydrogens is 461 g/mol. The molecule has 1 fully saturated rings. The van der Waals surface area contributed by atoms with Gasteiger partial charge in [-0.15, -0.1) is 0 Å². The molecule has 1 unspecified atom stereocenters. The van der Waals surface area contributed by atoms with Crippen LogP contribution in [0.1, 0.15) is 25.7 Å². The van der Waals surface area contributed by atoms with Gasteiger partial charge in [0.25, 0.3) is 0 Å². The second kappa shape index (κ2) is 9.35. The molecule has 0 radical (unpaired) electrons. The molecule has 0 aromatic carbocycles. The zero-order chi connectivity index (χ0) is 24.3. The summed E-state index contributed by atoms with van der Waals surface area (Å²) in [5.74, 6) is -3.47. The number of aliphatic hydroxyl groups excluding tert-OH is 1. The third kappa shape index (κ3) is 4.84. The van der Waals surface area contributed by atoms with Crippen molar-refractivity contribution in [3.05, 3.63) is 0 Å². The number of ether oxygens (including phenoxy) is 1. The van der Waals surface area contributed by atoms with Crippen LogP contribution < -0.4 is 0 Å². The fourth-order valence-electron chi connectivity index (χ4n) is 3.29. The van der Waals surface area contributed by atoms with Crippen molar-refractivity contribution in [3.8, 4) is 0 Å². The summed E-state index contributed by atoms with van der Waals surface area (Å²) in [6.07, 6.45) is -13.2. The quantitative estimate of drug-likeness (QED) is 0.138. The Hall–Kier alpha value is -1.82. The molecule has 0 saturated carbocycles. The zero-order valence-corrected chi connectivity index (χ0v) is 16.3. The number of carbonyl (C=O) groups is 4. The zero-order valence-electron chi connectivity index (χ0n) is 15.5. The summed E-state index contributed by atoms with van der Waals surface area (Å²) in [6, 6.07) is 0. The van der Waals surface area contributed by atoms with Crippen molar-refractivity contribution in [1.82, 2.24) is 0 Å². The van der Waals surface area contributed by atoms with Gasteiger partial charge in [-0.25, -0.2) is 0 Å². The molecule has 1 aliphatic rings. The number of aliphatic hydroxyl groups is 4. The maximum absolute atomic E-state index is 12.9. The second-order valence-electron chi connectivity index (χ2n) is 6.69. The maximum Gasteiger partial charge on any atom is 0.523 e. The van der Waals surface area contributed by atoms with Crippen molar-refractivity contribution >= 4 is 35.3 Å². The first-order valence-corrected chi connectivity index (χ1v) is 9.78. The molecule has 1 rings (SSSR count). The number of hydrogen-bond acceptors (Lipinski definition) is 12. The summed E-state index contributed by atoms with van der Waals surface area (Å²) in [7, 11) is -6.64. The molecule has 4 N–H and O–H groups in total. The van der Waals surface area contributed by atoms with Crippen LogP contribution in [0.15, 0.2) is 0 Å². The Labute approximate surface area is 172 Å². The third-order valence-electron chi connectivity index (χ3n) is 4.75. The van der Waals surface area contributed by atoms with Crippen LogP contribution in [0.3, 0.4) is 0 Å². The molecule has 0 bridgehead atoms. The molecule has 1 aliphatic heterocycles. The van der Waals surface area contributed by atoms with Gasteiger partial charge in [-0.3, -0.25) is 4.18 Å². The molecule has 0 spiro atoms. The van der Waals surface area contributed by atoms with E-state index in [2.05, 4.69) is 4.18 Å². The van der Waals surface area contributed by atoms with Gasteiger partial charge in [0.2, 0.25) is 5.79 Å². The molecule has 0 aliphatic carbocycles. The monoisotopic (exact) mass is 480 g/mol. The largest absolute Gasteiger partial charge is 0.523 e. The van der Waals surface area contributed by atoms with E-state index in [1.54, 1.807) is 0 Å². The van der Waals surface area contributed by atoms with Crippen LogP contribution in [0.2, 0.25) is 0 Å². The van der Waals surface area contributed by atoms with Gasteiger partial charge in [0.1, 0.15) is 42.5 Å². The third-order valence-corrected chi connectivity index (χ3v) is 5.77. The summed E-state index contributed by atoms with van der Waals surface area (Å²) in [5, 5.41) is 42.7. The highest BCUT2D eigenvalue weighted by atomic mass is 32.2. The minimum Gasteiger partial charge on any atom is -0.390 e. The molecule has 1 heterocycles. The number of halogens is 3. The summed E-state index contributed by atoms with van der Waals surface area (Å²) in [5.41, 5.74) is -12.9. The number of alkyl halides is 3. The fourth-order valence-corrected chi connectivity index (χ4v) is 3.96. The Morgan fingerprint density at radius 2 is 1.42 bits per heavy atom. The Morgan fingerprint density at radius 1 is 0.935 bits per heavy atom. The number of rotatable bonds is 11. The van der Waals surface area contributed by atoms with E-state index in [1.807, 2.05) is 0 Å². The van der Waals surface area contributed by atoms with Crippen LogP contribution in [0.5, 0.6) is 0 Å². The van der Waals surface area contributed by atoms with Gasteiger partial charge < -0.3 is 44.3 Å². The minimum atomic E-state index is -6.64. The lowest BCUT2D eigenvalue weighted by Gasteiger charge is -2.58. The van der Waals surface area contributed by atoms with E-state index in [-0.39, 0.29) is 25.1 Å². The number of carbonyl (C=O) groups excluding carboxylic acids is 4. The first-order chi connectivity index (χ1) is 14.1. The Balaban J connectivity index is 3.85. The standard InChI is InChI=1S/C15H19F3O12S/c16-15(17,18)31(27,28)30-11-13(25,3-7-21)12(24,2-6-20)10(9(23)1-5-19)29-14(11,26)4-8-22/h5-11,23-26H,1-4H2/t9?,10-,11+,12-,13-,14+/m1/s1. The van der Waals surface area contributed by atoms with E-state index in [0.29, 0.717) is 0 Å². The topological polar surface area (TPSA) is 202 Å². The van der Waals surface area contributed by atoms with E-state index in [9.17, 15) is 61.2 Å². The van der Waals surface area contributed by atoms with Crippen LogP contribution in [0.4, 0.5) is 13.2 Å². The molecule has 0 amide bonds. The molecule has 1 saturated heterocycles. The van der Waals surface area contributed by atoms with E-state index in [1.165, 1.54) is 0 Å². The molecule has 12 nitrogen and oxygen atoms in total. The van der Waals surface area contributed by atoms with Gasteiger partial charge in [0.15, 0.2) is 6.10 Å². The first kappa shape index (κ1) is 27.2. The van der Waals surface area contributed by atoms with E-state index >= 15 is 0 Å². The Bertz CT molecular complexity index is 802. The van der Waals surface area contributed by atoms with Crippen molar-refractivity contribution in [2.75, 3.05) is 0 Å². The highest BCUT2D eigenvalue weighted by molar-refractivity contribution is 7.87. The highest BCUT2D eigenvalue weighted by Gasteiger charge is 2.72. The van der Waals surface area contributed by atoms with Gasteiger partial charge in [0.05, 0.1) is 12.5 Å². The molecule has 16 heteroatoms. The van der Waals surface area contributed by atoms with Crippen molar-refractivity contribution in [2.45, 2.75) is 66.5 Å². The average Bonchev–Trinajstić information content (AvgIpc) is 2.63. The van der Waals surface area contributed by atoms with Crippen LogP contribution in [0, 0.1) is 0 Å². The van der Waals surface area contributed by atoms with Gasteiger partial charge >= 0.3 is 15.6 Å². The highest BCUT2D eigenvalue weighted by Crippen LogP contribution is 2.49. The van der Waals surface area contributed by atoms with E-state index in [0.717, 1.165) is 0 Å². The van der Waals surface area contributed by atoms with Crippen LogP contribution in [-0.4, -0.2) is 94.8 Å². The van der Waals surface area contributed by atoms with E-state index < -0.39 is 76.6 Å². The fraction of sp³-hybridized carbons (Fsp3) is 0.733. The first-order valence-electron chi connectivity index (χ1n) is 8.37. The summed E-state index contributed by atoms with van der Waals surface area (Å²) >= 11 is 0. The molecule has 0 aromatic heterocycles. The van der Waals surface area contributed by atoms with E-state index in [4.69, 9.17) is 4.74 Å². The van der Waals surface area contributed by atoms with Crippen molar-refractivity contribution in [3.63, 3.8) is 0 Å². The molecular formula is C15H19F3O12S. The minimum absolute atomic E-state index is 0.0730. The average molecular weight is 480 g/mol. The van der Waals surface area contributed by atoms with Crippen molar-refractivity contribution in [1.29, 1.82) is 0 Å². The molecule has 178 valence electrons.